The summed E-state index contributed by atoms with van der Waals surface area (Å²) in [5, 5.41) is 4.45. The highest BCUT2D eigenvalue weighted by molar-refractivity contribution is 5.92. The monoisotopic (exact) mass is 330 g/mol. The van der Waals surface area contributed by atoms with Gasteiger partial charge in [0.05, 0.1) is 24.0 Å². The lowest BCUT2D eigenvalue weighted by molar-refractivity contribution is 0.0585. The quantitative estimate of drug-likeness (QED) is 0.782. The molecule has 0 aliphatic rings. The number of nitrogens with zero attached hydrogens (tertiary/aromatic N) is 4. The fourth-order valence-corrected chi connectivity index (χ4v) is 2.69. The number of rotatable bonds is 7. The van der Waals surface area contributed by atoms with E-state index in [-0.39, 0.29) is 11.9 Å². The first-order chi connectivity index (χ1) is 11.4. The fraction of sp³-hybridized carbons (Fsp3) is 0.500. The molecule has 0 aliphatic carbocycles. The minimum Gasteiger partial charge on any atom is -0.382 e. The van der Waals surface area contributed by atoms with Crippen LogP contribution in [-0.2, 0) is 18.2 Å². The Hall–Kier alpha value is -2.21. The first-order valence-corrected chi connectivity index (χ1v) is 8.14. The summed E-state index contributed by atoms with van der Waals surface area (Å²) in [7, 11) is 5.20. The van der Waals surface area contributed by atoms with Gasteiger partial charge in [0, 0.05) is 27.4 Å². The first kappa shape index (κ1) is 18.1. The van der Waals surface area contributed by atoms with Crippen LogP contribution in [0, 0.1) is 5.92 Å². The second-order valence-corrected chi connectivity index (χ2v) is 6.38. The molecule has 2 heterocycles. The number of aryl methyl sites for hydroxylation is 1. The summed E-state index contributed by atoms with van der Waals surface area (Å²) in [6.45, 7) is 4.66. The maximum Gasteiger partial charge on any atom is 0.272 e. The summed E-state index contributed by atoms with van der Waals surface area (Å²) in [5.41, 5.74) is 2.32. The second-order valence-electron chi connectivity index (χ2n) is 6.38. The molecule has 24 heavy (non-hydrogen) atoms. The SMILES string of the molecule is COCC(c1ccccn1)N(C)C(=O)c1cc(CC(C)C)nn1C. The molecular weight excluding hydrogens is 304 g/mol. The van der Waals surface area contributed by atoms with Crippen LogP contribution in [0.4, 0.5) is 0 Å². The molecule has 0 fully saturated rings. The predicted molar refractivity (Wildman–Crippen MR) is 92.7 cm³/mol. The number of hydrogen-bond donors (Lipinski definition) is 0. The van der Waals surface area contributed by atoms with E-state index in [1.165, 1.54) is 0 Å². The van der Waals surface area contributed by atoms with E-state index in [1.807, 2.05) is 24.3 Å². The summed E-state index contributed by atoms with van der Waals surface area (Å²) < 4.78 is 6.95. The topological polar surface area (TPSA) is 60.2 Å². The Morgan fingerprint density at radius 3 is 2.71 bits per heavy atom. The van der Waals surface area contributed by atoms with Crippen LogP contribution in [0.2, 0.25) is 0 Å². The van der Waals surface area contributed by atoms with E-state index in [9.17, 15) is 4.79 Å². The highest BCUT2D eigenvalue weighted by atomic mass is 16.5. The van der Waals surface area contributed by atoms with Crippen molar-refractivity contribution in [1.29, 1.82) is 0 Å². The van der Waals surface area contributed by atoms with Gasteiger partial charge in [-0.1, -0.05) is 19.9 Å². The normalized spacial score (nSPS) is 12.4. The Morgan fingerprint density at radius 1 is 1.38 bits per heavy atom. The lowest BCUT2D eigenvalue weighted by atomic mass is 10.1. The van der Waals surface area contributed by atoms with Crippen LogP contribution < -0.4 is 0 Å². The number of pyridine rings is 1. The van der Waals surface area contributed by atoms with Gasteiger partial charge >= 0.3 is 0 Å². The summed E-state index contributed by atoms with van der Waals surface area (Å²) >= 11 is 0. The van der Waals surface area contributed by atoms with Crippen LogP contribution in [0.15, 0.2) is 30.5 Å². The number of carbonyl (C=O) groups is 1. The van der Waals surface area contributed by atoms with Crippen LogP contribution in [0.3, 0.4) is 0 Å². The molecule has 0 saturated carbocycles. The second kappa shape index (κ2) is 8.06. The van der Waals surface area contributed by atoms with Crippen molar-refractivity contribution >= 4 is 5.91 Å². The molecule has 130 valence electrons. The molecule has 1 amide bonds. The van der Waals surface area contributed by atoms with Crippen LogP contribution in [0.25, 0.3) is 0 Å². The Bertz CT molecular complexity index is 667. The molecule has 1 unspecified atom stereocenters. The van der Waals surface area contributed by atoms with Crippen molar-refractivity contribution < 1.29 is 9.53 Å². The fourth-order valence-electron chi connectivity index (χ4n) is 2.69. The smallest absolute Gasteiger partial charge is 0.272 e. The first-order valence-electron chi connectivity index (χ1n) is 8.14. The lowest BCUT2D eigenvalue weighted by Gasteiger charge is -2.27. The van der Waals surface area contributed by atoms with Gasteiger partial charge in [-0.25, -0.2) is 0 Å². The van der Waals surface area contributed by atoms with Gasteiger partial charge in [-0.15, -0.1) is 0 Å². The Morgan fingerprint density at radius 2 is 2.12 bits per heavy atom. The molecule has 0 radical (unpaired) electrons. The van der Waals surface area contributed by atoms with Crippen molar-refractivity contribution in [2.24, 2.45) is 13.0 Å². The summed E-state index contributed by atoms with van der Waals surface area (Å²) in [5.74, 6) is 0.406. The van der Waals surface area contributed by atoms with Gasteiger partial charge in [-0.2, -0.15) is 5.10 Å². The largest absolute Gasteiger partial charge is 0.382 e. The molecule has 0 bridgehead atoms. The number of amides is 1. The van der Waals surface area contributed by atoms with E-state index in [4.69, 9.17) is 4.74 Å². The van der Waals surface area contributed by atoms with E-state index in [1.54, 1.807) is 37.0 Å². The van der Waals surface area contributed by atoms with Crippen LogP contribution >= 0.6 is 0 Å². The standard InChI is InChI=1S/C18H26N4O2/c1-13(2)10-14-11-16(22(4)20-14)18(23)21(3)17(12-24-5)15-8-6-7-9-19-15/h6-9,11,13,17H,10,12H2,1-5H3. The Kier molecular flexibility index (Phi) is 6.09. The van der Waals surface area contributed by atoms with Gasteiger partial charge in [0.15, 0.2) is 0 Å². The van der Waals surface area contributed by atoms with Crippen LogP contribution in [0.5, 0.6) is 0 Å². The molecule has 2 aromatic heterocycles. The molecule has 0 N–H and O–H groups in total. The maximum absolute atomic E-state index is 12.9. The summed E-state index contributed by atoms with van der Waals surface area (Å²) in [4.78, 5) is 19.0. The van der Waals surface area contributed by atoms with E-state index in [2.05, 4.69) is 23.9 Å². The Balaban J connectivity index is 2.25. The van der Waals surface area contributed by atoms with Crippen molar-refractivity contribution in [3.63, 3.8) is 0 Å². The van der Waals surface area contributed by atoms with Crippen LogP contribution in [-0.4, -0.2) is 46.3 Å². The Labute approximate surface area is 143 Å². The van der Waals surface area contributed by atoms with Crippen molar-refractivity contribution in [2.75, 3.05) is 20.8 Å². The van der Waals surface area contributed by atoms with E-state index >= 15 is 0 Å². The van der Waals surface area contributed by atoms with Crippen molar-refractivity contribution in [3.05, 3.63) is 47.5 Å². The van der Waals surface area contributed by atoms with E-state index in [0.29, 0.717) is 18.2 Å². The average molecular weight is 330 g/mol. The third-order valence-corrected chi connectivity index (χ3v) is 3.91. The minimum absolute atomic E-state index is 0.0901. The molecule has 2 rings (SSSR count). The number of ether oxygens (including phenoxy) is 1. The summed E-state index contributed by atoms with van der Waals surface area (Å²) in [6.07, 6.45) is 2.58. The van der Waals surface area contributed by atoms with Gasteiger partial charge in [0.25, 0.3) is 5.91 Å². The zero-order valence-corrected chi connectivity index (χ0v) is 15.1. The molecule has 6 nitrogen and oxygen atoms in total. The summed E-state index contributed by atoms with van der Waals surface area (Å²) in [6, 6.07) is 7.30. The highest BCUT2D eigenvalue weighted by Crippen LogP contribution is 2.20. The molecule has 2 aromatic rings. The molecule has 0 saturated heterocycles. The molecule has 6 heteroatoms. The third kappa shape index (κ3) is 4.20. The number of carbonyl (C=O) groups excluding carboxylic acids is 1. The maximum atomic E-state index is 12.9. The lowest BCUT2D eigenvalue weighted by Crippen LogP contribution is -2.35. The number of aromatic nitrogens is 3. The molecule has 0 aliphatic heterocycles. The van der Waals surface area contributed by atoms with E-state index < -0.39 is 0 Å². The number of likely N-dealkylation sites (N-methyl/N-ethyl adjacent to an activating group) is 1. The van der Waals surface area contributed by atoms with E-state index in [0.717, 1.165) is 17.8 Å². The highest BCUT2D eigenvalue weighted by Gasteiger charge is 2.26. The van der Waals surface area contributed by atoms with Gasteiger partial charge in [-0.05, 0) is 30.5 Å². The predicted octanol–water partition coefficient (Wildman–Crippen LogP) is 2.47. The molecule has 0 aromatic carbocycles. The van der Waals surface area contributed by atoms with Crippen molar-refractivity contribution in [2.45, 2.75) is 26.3 Å². The molecule has 1 atom stereocenters. The third-order valence-electron chi connectivity index (χ3n) is 3.91. The van der Waals surface area contributed by atoms with Gasteiger partial charge in [0.2, 0.25) is 0 Å². The molecular formula is C18H26N4O2. The number of methoxy groups -OCH3 is 1. The zero-order chi connectivity index (χ0) is 17.7. The van der Waals surface area contributed by atoms with Gasteiger partial charge < -0.3 is 9.64 Å². The molecule has 0 spiro atoms. The van der Waals surface area contributed by atoms with Gasteiger partial charge in [0.1, 0.15) is 5.69 Å². The zero-order valence-electron chi connectivity index (χ0n) is 15.1. The van der Waals surface area contributed by atoms with Crippen molar-refractivity contribution in [3.8, 4) is 0 Å². The average Bonchev–Trinajstić information content (AvgIpc) is 2.91. The van der Waals surface area contributed by atoms with Crippen LogP contribution in [0.1, 0.15) is 41.8 Å². The minimum atomic E-state index is -0.243. The van der Waals surface area contributed by atoms with Crippen molar-refractivity contribution in [1.82, 2.24) is 19.7 Å². The van der Waals surface area contributed by atoms with Gasteiger partial charge in [-0.3, -0.25) is 14.5 Å². The number of hydrogen-bond acceptors (Lipinski definition) is 4.